The first-order chi connectivity index (χ1) is 15.3. The van der Waals surface area contributed by atoms with E-state index >= 15 is 0 Å². The number of phenolic OH excluding ortho intramolecular Hbond substituents is 1. The van der Waals surface area contributed by atoms with Gasteiger partial charge < -0.3 is 20.3 Å². The van der Waals surface area contributed by atoms with E-state index < -0.39 is 46.8 Å². The Hall–Kier alpha value is -3.43. The van der Waals surface area contributed by atoms with E-state index in [1.807, 2.05) is 6.92 Å². The van der Waals surface area contributed by atoms with Gasteiger partial charge in [0.15, 0.2) is 0 Å². The summed E-state index contributed by atoms with van der Waals surface area (Å²) < 4.78 is 34.5. The van der Waals surface area contributed by atoms with E-state index in [-0.39, 0.29) is 11.8 Å². The number of pyridine rings is 2. The average Bonchev–Trinajstić information content (AvgIpc) is 2.74. The number of hydrogen-bond acceptors (Lipinski definition) is 6. The molecule has 3 N–H and O–H groups in total. The predicted octanol–water partition coefficient (Wildman–Crippen LogP) is 3.98. The minimum atomic E-state index is -0.886. The van der Waals surface area contributed by atoms with E-state index in [0.717, 1.165) is 18.2 Å². The normalized spacial score (nSPS) is 20.7. The molecule has 1 aliphatic rings. The quantitative estimate of drug-likeness (QED) is 0.566. The maximum atomic E-state index is 14.4. The van der Waals surface area contributed by atoms with Gasteiger partial charge in [0.1, 0.15) is 28.8 Å². The molecule has 3 heterocycles. The molecule has 1 fully saturated rings. The Labute approximate surface area is 182 Å². The highest BCUT2D eigenvalue weighted by atomic mass is 19.1. The summed E-state index contributed by atoms with van der Waals surface area (Å²) in [7, 11) is 0. The van der Waals surface area contributed by atoms with Crippen molar-refractivity contribution in [3.05, 3.63) is 71.7 Å². The molecule has 32 heavy (non-hydrogen) atoms. The Balaban J connectivity index is 1.64. The van der Waals surface area contributed by atoms with Crippen molar-refractivity contribution in [1.29, 1.82) is 0 Å². The zero-order chi connectivity index (χ0) is 22.8. The number of nitrogens with one attached hydrogen (secondary N) is 1. The topological polar surface area (TPSA) is 105 Å². The predicted molar refractivity (Wildman–Crippen MR) is 112 cm³/mol. The molecular weight excluding hydrogens is 420 g/mol. The van der Waals surface area contributed by atoms with Gasteiger partial charge in [-0.05, 0) is 43.7 Å². The molecule has 0 bridgehead atoms. The second-order valence-electron chi connectivity index (χ2n) is 7.64. The van der Waals surface area contributed by atoms with Crippen LogP contribution in [0.2, 0.25) is 0 Å². The number of anilines is 1. The van der Waals surface area contributed by atoms with Crippen LogP contribution in [-0.4, -0.2) is 38.3 Å². The molecule has 9 heteroatoms. The number of aliphatic hydroxyl groups excluding tert-OH is 1. The second-order valence-corrected chi connectivity index (χ2v) is 7.64. The van der Waals surface area contributed by atoms with E-state index in [1.165, 1.54) is 18.3 Å². The lowest BCUT2D eigenvalue weighted by atomic mass is 9.96. The highest BCUT2D eigenvalue weighted by Crippen LogP contribution is 2.35. The number of rotatable bonds is 4. The van der Waals surface area contributed by atoms with Gasteiger partial charge >= 0.3 is 0 Å². The highest BCUT2D eigenvalue weighted by Gasteiger charge is 2.29. The van der Waals surface area contributed by atoms with E-state index in [4.69, 9.17) is 4.74 Å². The van der Waals surface area contributed by atoms with E-state index in [1.54, 1.807) is 12.3 Å². The van der Waals surface area contributed by atoms with Crippen LogP contribution in [-0.2, 0) is 4.74 Å². The van der Waals surface area contributed by atoms with Gasteiger partial charge in [0.25, 0.3) is 5.91 Å². The van der Waals surface area contributed by atoms with Crippen LogP contribution in [0.4, 0.5) is 14.5 Å². The molecule has 1 aromatic carbocycles. The largest absolute Gasteiger partial charge is 0.507 e. The Kier molecular flexibility index (Phi) is 6.11. The third-order valence-corrected chi connectivity index (χ3v) is 5.24. The molecular formula is C23H21F2N3O4. The van der Waals surface area contributed by atoms with Crippen LogP contribution in [0.25, 0.3) is 11.3 Å². The van der Waals surface area contributed by atoms with Gasteiger partial charge in [0.05, 0.1) is 35.8 Å². The Morgan fingerprint density at radius 3 is 2.72 bits per heavy atom. The van der Waals surface area contributed by atoms with Crippen molar-refractivity contribution in [1.82, 2.24) is 9.97 Å². The monoisotopic (exact) mass is 441 g/mol. The lowest BCUT2D eigenvalue weighted by Gasteiger charge is -2.32. The van der Waals surface area contributed by atoms with E-state index in [9.17, 15) is 23.8 Å². The van der Waals surface area contributed by atoms with Crippen LogP contribution in [0, 0.1) is 11.6 Å². The molecule has 2 aromatic heterocycles. The summed E-state index contributed by atoms with van der Waals surface area (Å²) in [6.07, 6.45) is 2.74. The smallest absolute Gasteiger partial charge is 0.274 e. The number of carbonyl (C=O) groups is 1. The fourth-order valence-corrected chi connectivity index (χ4v) is 3.79. The molecule has 4 rings (SSSR count). The molecule has 0 saturated carbocycles. The third-order valence-electron chi connectivity index (χ3n) is 5.24. The molecule has 0 aliphatic carbocycles. The lowest BCUT2D eigenvalue weighted by molar-refractivity contribution is -0.0892. The Bertz CT molecular complexity index is 1130. The zero-order valence-corrected chi connectivity index (χ0v) is 17.1. The van der Waals surface area contributed by atoms with Gasteiger partial charge in [-0.2, -0.15) is 0 Å². The van der Waals surface area contributed by atoms with Crippen LogP contribution in [0.3, 0.4) is 0 Å². The van der Waals surface area contributed by atoms with Crippen molar-refractivity contribution in [2.45, 2.75) is 38.1 Å². The summed E-state index contributed by atoms with van der Waals surface area (Å²) in [4.78, 5) is 20.9. The summed E-state index contributed by atoms with van der Waals surface area (Å²) in [5.41, 5.74) is -0.109. The van der Waals surface area contributed by atoms with Crippen LogP contribution >= 0.6 is 0 Å². The first-order valence-corrected chi connectivity index (χ1v) is 10.1. The lowest BCUT2D eigenvalue weighted by Crippen LogP contribution is -2.30. The van der Waals surface area contributed by atoms with Crippen LogP contribution < -0.4 is 5.32 Å². The van der Waals surface area contributed by atoms with Gasteiger partial charge in [0, 0.05) is 18.2 Å². The number of aromatic hydroxyl groups is 1. The molecule has 1 aliphatic heterocycles. The zero-order valence-electron chi connectivity index (χ0n) is 17.1. The van der Waals surface area contributed by atoms with Crippen molar-refractivity contribution in [3.63, 3.8) is 0 Å². The number of phenols is 1. The van der Waals surface area contributed by atoms with Crippen LogP contribution in [0.5, 0.6) is 5.75 Å². The number of aliphatic hydroxyl groups is 1. The van der Waals surface area contributed by atoms with E-state index in [0.29, 0.717) is 24.1 Å². The molecule has 3 unspecified atom stereocenters. The maximum Gasteiger partial charge on any atom is 0.274 e. The number of carbonyl (C=O) groups excluding carboxylic acids is 1. The number of nitrogens with zero attached hydrogens (tertiary/aromatic N) is 2. The molecule has 166 valence electrons. The molecule has 0 radical (unpaired) electrons. The van der Waals surface area contributed by atoms with Crippen molar-refractivity contribution in [2.75, 3.05) is 5.32 Å². The molecule has 1 amide bonds. The summed E-state index contributed by atoms with van der Waals surface area (Å²) in [6, 6.07) is 7.36. The Morgan fingerprint density at radius 2 is 1.97 bits per heavy atom. The summed E-state index contributed by atoms with van der Waals surface area (Å²) in [5.74, 6) is -2.93. The molecule has 3 atom stereocenters. The van der Waals surface area contributed by atoms with Crippen molar-refractivity contribution < 1.29 is 28.5 Å². The van der Waals surface area contributed by atoms with Gasteiger partial charge in [-0.25, -0.2) is 13.8 Å². The number of halogens is 2. The minimum Gasteiger partial charge on any atom is -0.507 e. The number of amides is 1. The SMILES string of the molecule is CC1CC(O)CC(c2ccncc2NC(=O)c2ccc(F)c(-c3c(O)cccc3F)n2)O1. The summed E-state index contributed by atoms with van der Waals surface area (Å²) in [6.45, 7) is 1.86. The van der Waals surface area contributed by atoms with Crippen LogP contribution in [0.1, 0.15) is 41.9 Å². The standard InChI is InChI=1S/C23H21F2N3O4/c1-12-9-13(29)10-20(32-12)14-7-8-26-11-18(14)28-23(31)17-6-5-16(25)22(27-17)21-15(24)3-2-4-19(21)30/h2-8,11-13,20,29-30H,9-10H2,1H3,(H,28,31). The second kappa shape index (κ2) is 8.97. The van der Waals surface area contributed by atoms with Gasteiger partial charge in [0.2, 0.25) is 0 Å². The number of benzene rings is 1. The third kappa shape index (κ3) is 4.44. The number of ether oxygens (including phenoxy) is 1. The fourth-order valence-electron chi connectivity index (χ4n) is 3.79. The molecule has 0 spiro atoms. The van der Waals surface area contributed by atoms with Crippen molar-refractivity contribution in [3.8, 4) is 17.0 Å². The average molecular weight is 441 g/mol. The Morgan fingerprint density at radius 1 is 1.16 bits per heavy atom. The first-order valence-electron chi connectivity index (χ1n) is 10.1. The van der Waals surface area contributed by atoms with Gasteiger partial charge in [-0.1, -0.05) is 6.07 Å². The molecule has 3 aromatic rings. The number of aromatic nitrogens is 2. The molecule has 1 saturated heterocycles. The van der Waals surface area contributed by atoms with Crippen LogP contribution in [0.15, 0.2) is 48.8 Å². The fraction of sp³-hybridized carbons (Fsp3) is 0.261. The van der Waals surface area contributed by atoms with Crippen molar-refractivity contribution in [2.24, 2.45) is 0 Å². The van der Waals surface area contributed by atoms with Gasteiger partial charge in [-0.3, -0.25) is 9.78 Å². The summed E-state index contributed by atoms with van der Waals surface area (Å²) in [5, 5.41) is 22.7. The maximum absolute atomic E-state index is 14.4. The minimum absolute atomic E-state index is 0.157. The first kappa shape index (κ1) is 21.8. The summed E-state index contributed by atoms with van der Waals surface area (Å²) >= 11 is 0. The number of hydrogen-bond donors (Lipinski definition) is 3. The van der Waals surface area contributed by atoms with Gasteiger partial charge in [-0.15, -0.1) is 0 Å². The van der Waals surface area contributed by atoms with E-state index in [2.05, 4.69) is 15.3 Å². The van der Waals surface area contributed by atoms with Crippen molar-refractivity contribution >= 4 is 11.6 Å². The highest BCUT2D eigenvalue weighted by molar-refractivity contribution is 6.03. The molecule has 7 nitrogen and oxygen atoms in total.